The number of aromatic nitrogens is 2. The minimum Gasteiger partial charge on any atom is -0.350 e. The number of hydrogen-bond acceptors (Lipinski definition) is 2. The number of imidazole rings is 1. The van der Waals surface area contributed by atoms with Crippen molar-refractivity contribution in [2.45, 2.75) is 13.1 Å². The van der Waals surface area contributed by atoms with Crippen molar-refractivity contribution < 1.29 is 13.6 Å². The molecule has 18 heavy (non-hydrogen) atoms. The lowest BCUT2D eigenvalue weighted by atomic mass is 10.2. The minimum absolute atomic E-state index is 0.0274. The number of carbonyl (C=O) groups is 1. The fraction of sp³-hybridized carbons (Fsp3) is 0.167. The molecule has 4 nitrogen and oxygen atoms in total. The summed E-state index contributed by atoms with van der Waals surface area (Å²) < 4.78 is 27.5. The van der Waals surface area contributed by atoms with Crippen LogP contribution in [0.2, 0.25) is 0 Å². The molecule has 0 aliphatic heterocycles. The average Bonchev–Trinajstić information content (AvgIpc) is 2.80. The lowest BCUT2D eigenvalue weighted by Crippen LogP contribution is -2.27. The van der Waals surface area contributed by atoms with Gasteiger partial charge in [0.15, 0.2) is 0 Å². The van der Waals surface area contributed by atoms with Crippen molar-refractivity contribution in [1.82, 2.24) is 14.9 Å². The van der Waals surface area contributed by atoms with Gasteiger partial charge in [0, 0.05) is 30.6 Å². The molecule has 2 rings (SSSR count). The van der Waals surface area contributed by atoms with Crippen LogP contribution in [-0.2, 0) is 17.9 Å². The highest BCUT2D eigenvalue weighted by atomic mass is 19.1. The van der Waals surface area contributed by atoms with Crippen LogP contribution in [0, 0.1) is 11.6 Å². The van der Waals surface area contributed by atoms with E-state index in [1.807, 2.05) is 0 Å². The van der Waals surface area contributed by atoms with Crippen LogP contribution < -0.4 is 5.32 Å². The summed E-state index contributed by atoms with van der Waals surface area (Å²) in [6.07, 6.45) is 4.73. The average molecular weight is 251 g/mol. The van der Waals surface area contributed by atoms with E-state index in [0.29, 0.717) is 0 Å². The molecule has 2 aromatic rings. The fourth-order valence-electron chi connectivity index (χ4n) is 1.46. The molecule has 1 aromatic heterocycles. The third-order valence-electron chi connectivity index (χ3n) is 2.38. The van der Waals surface area contributed by atoms with Gasteiger partial charge in [0.2, 0.25) is 5.91 Å². The number of nitrogens with zero attached hydrogens (tertiary/aromatic N) is 2. The fourth-order valence-corrected chi connectivity index (χ4v) is 1.46. The van der Waals surface area contributed by atoms with Crippen molar-refractivity contribution >= 4 is 5.91 Å². The van der Waals surface area contributed by atoms with E-state index < -0.39 is 11.6 Å². The molecule has 0 radical (unpaired) electrons. The molecule has 0 unspecified atom stereocenters. The van der Waals surface area contributed by atoms with E-state index in [-0.39, 0.29) is 24.6 Å². The Morgan fingerprint density at radius 3 is 2.89 bits per heavy atom. The van der Waals surface area contributed by atoms with E-state index >= 15 is 0 Å². The highest BCUT2D eigenvalue weighted by Crippen LogP contribution is 2.08. The van der Waals surface area contributed by atoms with Gasteiger partial charge in [0.05, 0.1) is 6.33 Å². The monoisotopic (exact) mass is 251 g/mol. The van der Waals surface area contributed by atoms with Gasteiger partial charge in [-0.3, -0.25) is 4.79 Å². The molecule has 0 saturated heterocycles. The summed E-state index contributed by atoms with van der Waals surface area (Å²) in [6, 6.07) is 3.25. The molecule has 0 fully saturated rings. The second-order valence-corrected chi connectivity index (χ2v) is 3.75. The number of nitrogens with one attached hydrogen (secondary N) is 1. The molecule has 1 N–H and O–H groups in total. The Morgan fingerprint density at radius 2 is 2.22 bits per heavy atom. The predicted molar refractivity (Wildman–Crippen MR) is 60.4 cm³/mol. The number of rotatable bonds is 4. The van der Waals surface area contributed by atoms with Crippen LogP contribution in [0.15, 0.2) is 36.9 Å². The maximum atomic E-state index is 13.3. The number of amides is 1. The minimum atomic E-state index is -0.669. The van der Waals surface area contributed by atoms with Crippen LogP contribution in [0.5, 0.6) is 0 Å². The summed E-state index contributed by atoms with van der Waals surface area (Å²) in [5, 5.41) is 2.55. The first-order valence-corrected chi connectivity index (χ1v) is 5.31. The highest BCUT2D eigenvalue weighted by molar-refractivity contribution is 5.75. The molecule has 1 aromatic carbocycles. The topological polar surface area (TPSA) is 46.9 Å². The first-order chi connectivity index (χ1) is 8.65. The van der Waals surface area contributed by atoms with Gasteiger partial charge in [-0.25, -0.2) is 13.8 Å². The van der Waals surface area contributed by atoms with Crippen LogP contribution in [0.1, 0.15) is 5.56 Å². The Labute approximate surface area is 102 Å². The number of carbonyl (C=O) groups excluding carboxylic acids is 1. The smallest absolute Gasteiger partial charge is 0.240 e. The maximum Gasteiger partial charge on any atom is 0.240 e. The molecule has 0 bridgehead atoms. The van der Waals surface area contributed by atoms with Gasteiger partial charge in [-0.15, -0.1) is 0 Å². The molecule has 0 atom stereocenters. The Balaban J connectivity index is 1.89. The van der Waals surface area contributed by atoms with Crippen LogP contribution in [-0.4, -0.2) is 15.5 Å². The van der Waals surface area contributed by atoms with Gasteiger partial charge >= 0.3 is 0 Å². The van der Waals surface area contributed by atoms with Crippen LogP contribution in [0.4, 0.5) is 8.78 Å². The van der Waals surface area contributed by atoms with Crippen LogP contribution in [0.3, 0.4) is 0 Å². The Morgan fingerprint density at radius 1 is 1.39 bits per heavy atom. The van der Waals surface area contributed by atoms with E-state index in [9.17, 15) is 13.6 Å². The van der Waals surface area contributed by atoms with Crippen molar-refractivity contribution in [1.29, 1.82) is 0 Å². The molecule has 1 heterocycles. The van der Waals surface area contributed by atoms with Gasteiger partial charge in [0.25, 0.3) is 0 Å². The van der Waals surface area contributed by atoms with Crippen LogP contribution in [0.25, 0.3) is 0 Å². The van der Waals surface area contributed by atoms with Crippen molar-refractivity contribution in [3.05, 3.63) is 54.1 Å². The van der Waals surface area contributed by atoms with Gasteiger partial charge in [0.1, 0.15) is 18.2 Å². The molecule has 94 valence electrons. The molecule has 0 spiro atoms. The normalized spacial score (nSPS) is 10.3. The summed E-state index contributed by atoms with van der Waals surface area (Å²) in [7, 11) is 0. The molecular weight excluding hydrogens is 240 g/mol. The van der Waals surface area contributed by atoms with Crippen molar-refractivity contribution in [3.8, 4) is 0 Å². The molecule has 0 saturated carbocycles. The molecule has 0 aliphatic rings. The molecular formula is C12H11F2N3O. The Kier molecular flexibility index (Phi) is 3.66. The standard InChI is InChI=1S/C12H11F2N3O/c13-10-2-1-9(11(14)5-10)6-16-12(18)7-17-4-3-15-8-17/h1-5,8H,6-7H2,(H,16,18). The first-order valence-electron chi connectivity index (χ1n) is 5.31. The van der Waals surface area contributed by atoms with Gasteiger partial charge in [-0.05, 0) is 6.07 Å². The van der Waals surface area contributed by atoms with E-state index in [0.717, 1.165) is 12.1 Å². The summed E-state index contributed by atoms with van der Waals surface area (Å²) >= 11 is 0. The van der Waals surface area contributed by atoms with E-state index in [1.54, 1.807) is 17.0 Å². The van der Waals surface area contributed by atoms with Gasteiger partial charge in [-0.2, -0.15) is 0 Å². The quantitative estimate of drug-likeness (QED) is 0.894. The largest absolute Gasteiger partial charge is 0.350 e. The molecule has 6 heteroatoms. The van der Waals surface area contributed by atoms with E-state index in [1.165, 1.54) is 12.4 Å². The maximum absolute atomic E-state index is 13.3. The van der Waals surface area contributed by atoms with Crippen molar-refractivity contribution in [3.63, 3.8) is 0 Å². The van der Waals surface area contributed by atoms with Crippen LogP contribution >= 0.6 is 0 Å². The zero-order valence-electron chi connectivity index (χ0n) is 9.44. The summed E-state index contributed by atoms with van der Waals surface area (Å²) in [5.74, 6) is -1.57. The molecule has 1 amide bonds. The van der Waals surface area contributed by atoms with Gasteiger partial charge in [-0.1, -0.05) is 6.07 Å². The van der Waals surface area contributed by atoms with Crippen molar-refractivity contribution in [2.24, 2.45) is 0 Å². The Hall–Kier alpha value is -2.24. The van der Waals surface area contributed by atoms with E-state index in [2.05, 4.69) is 10.3 Å². The van der Waals surface area contributed by atoms with Gasteiger partial charge < -0.3 is 9.88 Å². The zero-order chi connectivity index (χ0) is 13.0. The van der Waals surface area contributed by atoms with E-state index in [4.69, 9.17) is 0 Å². The summed E-state index contributed by atoms with van der Waals surface area (Å²) in [6.45, 7) is 0.141. The second-order valence-electron chi connectivity index (χ2n) is 3.75. The predicted octanol–water partition coefficient (Wildman–Crippen LogP) is 1.48. The lowest BCUT2D eigenvalue weighted by Gasteiger charge is -2.06. The molecule has 0 aliphatic carbocycles. The SMILES string of the molecule is O=C(Cn1ccnc1)NCc1ccc(F)cc1F. The second kappa shape index (κ2) is 5.39. The first kappa shape index (κ1) is 12.2. The lowest BCUT2D eigenvalue weighted by molar-refractivity contribution is -0.121. The number of hydrogen-bond donors (Lipinski definition) is 1. The third kappa shape index (κ3) is 3.13. The summed E-state index contributed by atoms with van der Waals surface area (Å²) in [5.41, 5.74) is 0.246. The van der Waals surface area contributed by atoms with Crippen molar-refractivity contribution in [2.75, 3.05) is 0 Å². The number of benzene rings is 1. The highest BCUT2D eigenvalue weighted by Gasteiger charge is 2.06. The zero-order valence-corrected chi connectivity index (χ0v) is 9.44. The number of halogens is 2. The third-order valence-corrected chi connectivity index (χ3v) is 2.38. The summed E-state index contributed by atoms with van der Waals surface area (Å²) in [4.78, 5) is 15.3. The Bertz CT molecular complexity index is 540.